The molecular weight excluding hydrogens is 272 g/mol. The van der Waals surface area contributed by atoms with Crippen LogP contribution in [0, 0.1) is 22.7 Å². The summed E-state index contributed by atoms with van der Waals surface area (Å²) in [6.07, 6.45) is 9.67. The molecule has 0 heterocycles. The molecule has 2 saturated carbocycles. The number of carbonyl (C=O) groups is 1. The summed E-state index contributed by atoms with van der Waals surface area (Å²) in [6, 6.07) is 0. The highest BCUT2D eigenvalue weighted by Crippen LogP contribution is 2.62. The Morgan fingerprint density at radius 2 is 2.09 bits per heavy atom. The third kappa shape index (κ3) is 3.02. The Morgan fingerprint density at radius 1 is 1.41 bits per heavy atom. The minimum atomic E-state index is -0.824. The van der Waals surface area contributed by atoms with E-state index in [9.17, 15) is 4.79 Å². The highest BCUT2D eigenvalue weighted by atomic mass is 16.4. The van der Waals surface area contributed by atoms with E-state index in [2.05, 4.69) is 27.4 Å². The Morgan fingerprint density at radius 3 is 2.73 bits per heavy atom. The monoisotopic (exact) mass is 304 g/mol. The molecule has 0 amide bonds. The number of fused-ring (bicyclic) bond motifs is 1. The van der Waals surface area contributed by atoms with Crippen LogP contribution >= 0.6 is 0 Å². The van der Waals surface area contributed by atoms with Crippen LogP contribution in [0.25, 0.3) is 0 Å². The zero-order valence-electron chi connectivity index (χ0n) is 14.7. The fraction of sp³-hybridized carbons (Fsp3) is 0.750. The van der Waals surface area contributed by atoms with Gasteiger partial charge in [0.1, 0.15) is 0 Å². The van der Waals surface area contributed by atoms with Crippen molar-refractivity contribution in [1.29, 1.82) is 0 Å². The van der Waals surface area contributed by atoms with Gasteiger partial charge in [-0.25, -0.2) is 4.79 Å². The molecule has 0 aliphatic heterocycles. The van der Waals surface area contributed by atoms with Crippen LogP contribution in [-0.2, 0) is 4.79 Å². The SMILES string of the molecule is C=C1CCCC2C1(C)CCC(C)C2(C)CCC(C)=CC(=O)O. The zero-order valence-corrected chi connectivity index (χ0v) is 14.7. The molecule has 0 radical (unpaired) electrons. The van der Waals surface area contributed by atoms with E-state index in [0.717, 1.165) is 18.4 Å². The van der Waals surface area contributed by atoms with Gasteiger partial charge in [0.05, 0.1) is 0 Å². The Hall–Kier alpha value is -1.05. The lowest BCUT2D eigenvalue weighted by molar-refractivity contribution is -0.131. The molecule has 0 bridgehead atoms. The van der Waals surface area contributed by atoms with Crippen molar-refractivity contribution in [3.63, 3.8) is 0 Å². The van der Waals surface area contributed by atoms with Crippen molar-refractivity contribution < 1.29 is 9.90 Å². The molecule has 2 aliphatic rings. The minimum absolute atomic E-state index is 0.296. The lowest BCUT2D eigenvalue weighted by Crippen LogP contribution is -2.50. The fourth-order valence-corrected chi connectivity index (χ4v) is 5.14. The molecule has 0 saturated heterocycles. The smallest absolute Gasteiger partial charge is 0.328 e. The van der Waals surface area contributed by atoms with Crippen LogP contribution in [0.4, 0.5) is 0 Å². The molecule has 2 rings (SSSR count). The van der Waals surface area contributed by atoms with Gasteiger partial charge in [-0.2, -0.15) is 0 Å². The van der Waals surface area contributed by atoms with E-state index in [4.69, 9.17) is 5.11 Å². The first-order valence-electron chi connectivity index (χ1n) is 8.78. The summed E-state index contributed by atoms with van der Waals surface area (Å²) in [4.78, 5) is 10.8. The molecule has 22 heavy (non-hydrogen) atoms. The average Bonchev–Trinajstić information content (AvgIpc) is 2.43. The standard InChI is InChI=1S/C20H32O2/c1-14(13-18(21)22)9-11-19(4)16(3)10-12-20(5)15(2)7-6-8-17(19)20/h13,16-17H,2,6-12H2,1,3-5H3,(H,21,22). The normalized spacial score (nSPS) is 39.5. The molecule has 2 heteroatoms. The predicted molar refractivity (Wildman–Crippen MR) is 91.7 cm³/mol. The van der Waals surface area contributed by atoms with Gasteiger partial charge in [0.25, 0.3) is 0 Å². The number of allylic oxidation sites excluding steroid dienone is 2. The van der Waals surface area contributed by atoms with Crippen LogP contribution in [0.15, 0.2) is 23.8 Å². The van der Waals surface area contributed by atoms with Crippen molar-refractivity contribution in [2.45, 2.75) is 72.6 Å². The molecule has 2 aliphatic carbocycles. The van der Waals surface area contributed by atoms with Crippen molar-refractivity contribution in [3.8, 4) is 0 Å². The Balaban J connectivity index is 2.21. The Labute approximate surface area is 135 Å². The zero-order chi connectivity index (χ0) is 16.5. The van der Waals surface area contributed by atoms with Crippen molar-refractivity contribution in [2.24, 2.45) is 22.7 Å². The Bertz CT molecular complexity index is 490. The van der Waals surface area contributed by atoms with Crippen molar-refractivity contribution in [1.82, 2.24) is 0 Å². The third-order valence-corrected chi connectivity index (χ3v) is 6.99. The number of hydrogen-bond acceptors (Lipinski definition) is 1. The van der Waals surface area contributed by atoms with Gasteiger partial charge >= 0.3 is 5.97 Å². The van der Waals surface area contributed by atoms with E-state index >= 15 is 0 Å². The van der Waals surface area contributed by atoms with E-state index in [0.29, 0.717) is 22.7 Å². The van der Waals surface area contributed by atoms with Gasteiger partial charge in [0.2, 0.25) is 0 Å². The van der Waals surface area contributed by atoms with E-state index in [1.54, 1.807) is 0 Å². The quantitative estimate of drug-likeness (QED) is 0.542. The van der Waals surface area contributed by atoms with Gasteiger partial charge in [0, 0.05) is 6.08 Å². The molecule has 4 unspecified atom stereocenters. The summed E-state index contributed by atoms with van der Waals surface area (Å²) in [5, 5.41) is 8.91. The summed E-state index contributed by atoms with van der Waals surface area (Å²) in [5.74, 6) is 0.576. The second-order valence-electron chi connectivity index (χ2n) is 8.24. The molecule has 4 atom stereocenters. The third-order valence-electron chi connectivity index (χ3n) is 6.99. The van der Waals surface area contributed by atoms with E-state index in [-0.39, 0.29) is 0 Å². The van der Waals surface area contributed by atoms with Gasteiger partial charge in [0.15, 0.2) is 0 Å². The summed E-state index contributed by atoms with van der Waals surface area (Å²) in [5.41, 5.74) is 3.04. The predicted octanol–water partition coefficient (Wildman–Crippen LogP) is 5.60. The van der Waals surface area contributed by atoms with E-state index in [1.807, 2.05) is 6.92 Å². The van der Waals surface area contributed by atoms with Crippen LogP contribution in [-0.4, -0.2) is 11.1 Å². The molecule has 2 fully saturated rings. The average molecular weight is 304 g/mol. The van der Waals surface area contributed by atoms with Crippen molar-refractivity contribution in [3.05, 3.63) is 23.8 Å². The maximum Gasteiger partial charge on any atom is 0.328 e. The number of hydrogen-bond donors (Lipinski definition) is 1. The summed E-state index contributed by atoms with van der Waals surface area (Å²) >= 11 is 0. The number of rotatable bonds is 4. The van der Waals surface area contributed by atoms with Crippen molar-refractivity contribution in [2.75, 3.05) is 0 Å². The molecule has 0 aromatic carbocycles. The molecular formula is C20H32O2. The van der Waals surface area contributed by atoms with Crippen LogP contribution < -0.4 is 0 Å². The van der Waals surface area contributed by atoms with Crippen molar-refractivity contribution >= 4 is 5.97 Å². The van der Waals surface area contributed by atoms with Crippen LogP contribution in [0.5, 0.6) is 0 Å². The highest BCUT2D eigenvalue weighted by Gasteiger charge is 2.53. The molecule has 0 aromatic heterocycles. The molecule has 1 N–H and O–H groups in total. The van der Waals surface area contributed by atoms with Gasteiger partial charge in [-0.05, 0) is 74.5 Å². The maximum absolute atomic E-state index is 10.8. The second kappa shape index (κ2) is 6.22. The van der Waals surface area contributed by atoms with Gasteiger partial charge in [-0.1, -0.05) is 38.5 Å². The second-order valence-corrected chi connectivity index (χ2v) is 8.24. The van der Waals surface area contributed by atoms with Gasteiger partial charge < -0.3 is 5.11 Å². The van der Waals surface area contributed by atoms with Crippen LogP contribution in [0.1, 0.15) is 72.6 Å². The first kappa shape index (κ1) is 17.3. The summed E-state index contributed by atoms with van der Waals surface area (Å²) in [6.45, 7) is 13.6. The number of carboxylic acid groups (broad SMARTS) is 1. The number of aliphatic carboxylic acids is 1. The largest absolute Gasteiger partial charge is 0.478 e. The number of carboxylic acids is 1. The van der Waals surface area contributed by atoms with Gasteiger partial charge in [-0.3, -0.25) is 0 Å². The molecule has 2 nitrogen and oxygen atoms in total. The fourth-order valence-electron chi connectivity index (χ4n) is 5.14. The molecule has 0 spiro atoms. The van der Waals surface area contributed by atoms with E-state index < -0.39 is 5.97 Å². The van der Waals surface area contributed by atoms with Gasteiger partial charge in [-0.15, -0.1) is 0 Å². The lowest BCUT2D eigenvalue weighted by Gasteiger charge is -2.59. The molecule has 124 valence electrons. The lowest BCUT2D eigenvalue weighted by atomic mass is 9.46. The maximum atomic E-state index is 10.8. The highest BCUT2D eigenvalue weighted by molar-refractivity contribution is 5.80. The minimum Gasteiger partial charge on any atom is -0.478 e. The van der Waals surface area contributed by atoms with Crippen LogP contribution in [0.3, 0.4) is 0 Å². The first-order chi connectivity index (χ1) is 10.2. The summed E-state index contributed by atoms with van der Waals surface area (Å²) in [7, 11) is 0. The topological polar surface area (TPSA) is 37.3 Å². The van der Waals surface area contributed by atoms with E-state index in [1.165, 1.54) is 43.8 Å². The first-order valence-corrected chi connectivity index (χ1v) is 8.78. The summed E-state index contributed by atoms with van der Waals surface area (Å²) < 4.78 is 0. The Kier molecular flexibility index (Phi) is 4.89. The van der Waals surface area contributed by atoms with Crippen LogP contribution in [0.2, 0.25) is 0 Å². The molecule has 0 aromatic rings.